The van der Waals surface area contributed by atoms with Gasteiger partial charge in [-0.1, -0.05) is 13.3 Å². The molecule has 0 amide bonds. The van der Waals surface area contributed by atoms with E-state index in [0.717, 1.165) is 19.4 Å². The zero-order chi connectivity index (χ0) is 8.27. The molecule has 1 aromatic heterocycles. The van der Waals surface area contributed by atoms with E-state index in [9.17, 15) is 0 Å². The number of nitrogens with zero attached hydrogens (tertiary/aromatic N) is 2. The van der Waals surface area contributed by atoms with Crippen LogP contribution < -0.4 is 5.73 Å². The van der Waals surface area contributed by atoms with Gasteiger partial charge >= 0.3 is 0 Å². The Kier molecular flexibility index (Phi) is 2.52. The minimum Gasteiger partial charge on any atom is -0.369 e. The molecule has 0 saturated carbocycles. The first kappa shape index (κ1) is 8.11. The number of aromatic nitrogens is 2. The third-order valence-corrected chi connectivity index (χ3v) is 1.79. The number of anilines is 1. The lowest BCUT2D eigenvalue weighted by atomic mass is 10.3. The van der Waals surface area contributed by atoms with Gasteiger partial charge in [-0.2, -0.15) is 0 Å². The van der Waals surface area contributed by atoms with Crippen molar-refractivity contribution in [1.29, 1.82) is 0 Å². The molecule has 0 radical (unpaired) electrons. The summed E-state index contributed by atoms with van der Waals surface area (Å²) in [4.78, 5) is 4.05. The van der Waals surface area contributed by atoms with Crippen molar-refractivity contribution in [3.8, 4) is 0 Å². The quantitative estimate of drug-likeness (QED) is 0.714. The van der Waals surface area contributed by atoms with Gasteiger partial charge in [0.25, 0.3) is 0 Å². The largest absolute Gasteiger partial charge is 0.369 e. The van der Waals surface area contributed by atoms with Crippen molar-refractivity contribution in [2.75, 3.05) is 5.73 Å². The van der Waals surface area contributed by atoms with E-state index in [-0.39, 0.29) is 0 Å². The smallest absolute Gasteiger partial charge is 0.200 e. The summed E-state index contributed by atoms with van der Waals surface area (Å²) in [5.74, 6) is 0.635. The van der Waals surface area contributed by atoms with Crippen LogP contribution >= 0.6 is 0 Å². The zero-order valence-electron chi connectivity index (χ0n) is 7.17. The first-order valence-electron chi connectivity index (χ1n) is 4.09. The molecular formula is C8H15N3. The molecule has 0 aliphatic rings. The Bertz CT molecular complexity index is 227. The Morgan fingerprint density at radius 2 is 2.27 bits per heavy atom. The monoisotopic (exact) mass is 153 g/mol. The van der Waals surface area contributed by atoms with Gasteiger partial charge in [0.2, 0.25) is 0 Å². The molecule has 1 aromatic rings. The van der Waals surface area contributed by atoms with Crippen LogP contribution in [0.2, 0.25) is 0 Å². The number of aryl methyl sites for hydroxylation is 1. The molecule has 0 fully saturated rings. The van der Waals surface area contributed by atoms with Gasteiger partial charge in [-0.3, -0.25) is 0 Å². The van der Waals surface area contributed by atoms with E-state index in [2.05, 4.69) is 18.8 Å². The van der Waals surface area contributed by atoms with Crippen molar-refractivity contribution in [3.63, 3.8) is 0 Å². The molecule has 0 atom stereocenters. The van der Waals surface area contributed by atoms with Crippen LogP contribution in [0.4, 0.5) is 5.95 Å². The van der Waals surface area contributed by atoms with Crippen LogP contribution in [0, 0.1) is 0 Å². The number of hydrogen-bond donors (Lipinski definition) is 1. The second kappa shape index (κ2) is 3.42. The molecule has 0 aromatic carbocycles. The molecule has 62 valence electrons. The summed E-state index contributed by atoms with van der Waals surface area (Å²) in [5, 5.41) is 0. The Morgan fingerprint density at radius 1 is 1.55 bits per heavy atom. The Labute approximate surface area is 67.2 Å². The average Bonchev–Trinajstić information content (AvgIpc) is 2.33. The lowest BCUT2D eigenvalue weighted by molar-refractivity contribution is 0.708. The van der Waals surface area contributed by atoms with Gasteiger partial charge in [-0.25, -0.2) is 4.98 Å². The fraction of sp³-hybridized carbons (Fsp3) is 0.625. The van der Waals surface area contributed by atoms with Gasteiger partial charge < -0.3 is 10.3 Å². The highest BCUT2D eigenvalue weighted by Gasteiger charge is 2.02. The molecule has 1 rings (SSSR count). The zero-order valence-corrected chi connectivity index (χ0v) is 7.17. The Balaban J connectivity index is 2.86. The van der Waals surface area contributed by atoms with Gasteiger partial charge in [-0.15, -0.1) is 0 Å². The number of hydrogen-bond acceptors (Lipinski definition) is 2. The predicted molar refractivity (Wildman–Crippen MR) is 46.3 cm³/mol. The van der Waals surface area contributed by atoms with Crippen LogP contribution in [-0.4, -0.2) is 9.55 Å². The normalized spacial score (nSPS) is 10.4. The fourth-order valence-electron chi connectivity index (χ4n) is 1.25. The summed E-state index contributed by atoms with van der Waals surface area (Å²) >= 11 is 0. The molecule has 0 aliphatic heterocycles. The second-order valence-electron chi connectivity index (χ2n) is 2.60. The number of rotatable bonds is 3. The molecule has 3 nitrogen and oxygen atoms in total. The van der Waals surface area contributed by atoms with Gasteiger partial charge in [0.1, 0.15) is 0 Å². The highest BCUT2D eigenvalue weighted by Crippen LogP contribution is 2.08. The predicted octanol–water partition coefficient (Wildman–Crippen LogP) is 1.44. The third kappa shape index (κ3) is 1.53. The van der Waals surface area contributed by atoms with Crippen LogP contribution in [0.1, 0.15) is 26.0 Å². The van der Waals surface area contributed by atoms with E-state index in [0.29, 0.717) is 5.95 Å². The van der Waals surface area contributed by atoms with E-state index < -0.39 is 0 Å². The second-order valence-corrected chi connectivity index (χ2v) is 2.60. The van der Waals surface area contributed by atoms with Crippen molar-refractivity contribution in [1.82, 2.24) is 9.55 Å². The first-order valence-corrected chi connectivity index (χ1v) is 4.09. The van der Waals surface area contributed by atoms with E-state index in [1.54, 1.807) is 0 Å². The lowest BCUT2D eigenvalue weighted by Crippen LogP contribution is -2.04. The standard InChI is InChI=1S/C8H15N3/c1-3-5-7-6-10-8(9)11(7)4-2/h6H,3-5H2,1-2H3,(H2,9,10). The molecule has 3 heteroatoms. The Morgan fingerprint density at radius 3 is 2.82 bits per heavy atom. The van der Waals surface area contributed by atoms with E-state index in [1.807, 2.05) is 10.8 Å². The number of imidazole rings is 1. The molecule has 1 heterocycles. The van der Waals surface area contributed by atoms with E-state index in [4.69, 9.17) is 5.73 Å². The SMILES string of the molecule is CCCc1cnc(N)n1CC. The molecule has 11 heavy (non-hydrogen) atoms. The van der Waals surface area contributed by atoms with Crippen LogP contribution in [0.3, 0.4) is 0 Å². The summed E-state index contributed by atoms with van der Waals surface area (Å²) in [7, 11) is 0. The van der Waals surface area contributed by atoms with Crippen molar-refractivity contribution in [2.45, 2.75) is 33.2 Å². The molecular weight excluding hydrogens is 138 g/mol. The van der Waals surface area contributed by atoms with Crippen LogP contribution in [0.15, 0.2) is 6.20 Å². The lowest BCUT2D eigenvalue weighted by Gasteiger charge is -2.04. The number of nitrogens with two attached hydrogens (primary N) is 1. The Hall–Kier alpha value is -0.990. The molecule has 2 N–H and O–H groups in total. The summed E-state index contributed by atoms with van der Waals surface area (Å²) in [6.07, 6.45) is 4.07. The van der Waals surface area contributed by atoms with Gasteiger partial charge in [0.05, 0.1) is 6.20 Å². The molecule has 0 spiro atoms. The summed E-state index contributed by atoms with van der Waals surface area (Å²) in [6, 6.07) is 0. The van der Waals surface area contributed by atoms with Crippen molar-refractivity contribution < 1.29 is 0 Å². The first-order chi connectivity index (χ1) is 5.29. The van der Waals surface area contributed by atoms with E-state index in [1.165, 1.54) is 5.69 Å². The average molecular weight is 153 g/mol. The molecule has 0 saturated heterocycles. The van der Waals surface area contributed by atoms with Crippen LogP contribution in [-0.2, 0) is 13.0 Å². The maximum absolute atomic E-state index is 5.63. The molecule has 0 aliphatic carbocycles. The maximum Gasteiger partial charge on any atom is 0.200 e. The topological polar surface area (TPSA) is 43.8 Å². The molecule has 0 bridgehead atoms. The van der Waals surface area contributed by atoms with Crippen molar-refractivity contribution >= 4 is 5.95 Å². The summed E-state index contributed by atoms with van der Waals surface area (Å²) < 4.78 is 2.05. The minimum absolute atomic E-state index is 0.635. The van der Waals surface area contributed by atoms with Gasteiger partial charge in [-0.05, 0) is 13.3 Å². The highest BCUT2D eigenvalue weighted by atomic mass is 15.1. The van der Waals surface area contributed by atoms with Crippen LogP contribution in [0.25, 0.3) is 0 Å². The minimum atomic E-state index is 0.635. The molecule has 0 unspecified atom stereocenters. The van der Waals surface area contributed by atoms with Gasteiger partial charge in [0, 0.05) is 12.2 Å². The van der Waals surface area contributed by atoms with Crippen molar-refractivity contribution in [3.05, 3.63) is 11.9 Å². The third-order valence-electron chi connectivity index (χ3n) is 1.79. The van der Waals surface area contributed by atoms with Gasteiger partial charge in [0.15, 0.2) is 5.95 Å². The number of nitrogen functional groups attached to an aromatic ring is 1. The van der Waals surface area contributed by atoms with Crippen molar-refractivity contribution in [2.24, 2.45) is 0 Å². The fourth-order valence-corrected chi connectivity index (χ4v) is 1.25. The summed E-state index contributed by atoms with van der Waals surface area (Å²) in [5.41, 5.74) is 6.88. The summed E-state index contributed by atoms with van der Waals surface area (Å²) in [6.45, 7) is 5.15. The highest BCUT2D eigenvalue weighted by molar-refractivity contribution is 5.22. The van der Waals surface area contributed by atoms with E-state index >= 15 is 0 Å². The maximum atomic E-state index is 5.63. The van der Waals surface area contributed by atoms with Crippen LogP contribution in [0.5, 0.6) is 0 Å².